The summed E-state index contributed by atoms with van der Waals surface area (Å²) in [7, 11) is 0. The molecule has 246 valence electrons. The lowest BCUT2D eigenvalue weighted by Crippen LogP contribution is -2.51. The molecule has 14 nitrogen and oxygen atoms in total. The van der Waals surface area contributed by atoms with Gasteiger partial charge in [-0.1, -0.05) is 40.0 Å². The Balaban J connectivity index is 1.60. The molecule has 1 aliphatic heterocycles. The molecule has 4 rings (SSSR count). The minimum atomic E-state index is -2.07. The Morgan fingerprint density at radius 3 is 2.51 bits per heavy atom. The lowest BCUT2D eigenvalue weighted by Gasteiger charge is -2.31. The van der Waals surface area contributed by atoms with Gasteiger partial charge in [-0.05, 0) is 57.1 Å². The number of nitrogens with two attached hydrogens (primary N) is 1. The number of nitrogens with one attached hydrogen (secondary N) is 1. The number of carbonyl (C=O) groups excluding carboxylic acids is 3. The minimum absolute atomic E-state index is 0.128. The van der Waals surface area contributed by atoms with Gasteiger partial charge >= 0.3 is 18.0 Å². The highest BCUT2D eigenvalue weighted by Crippen LogP contribution is 2.42. The van der Waals surface area contributed by atoms with Crippen LogP contribution in [0.15, 0.2) is 18.5 Å². The first kappa shape index (κ1) is 33.9. The van der Waals surface area contributed by atoms with E-state index in [9.17, 15) is 24.8 Å². The molecule has 1 aliphatic carbocycles. The molecule has 5 atom stereocenters. The number of carbonyl (C=O) groups is 3. The molecular formula is C31H44N6O8. The molecule has 2 aromatic rings. The van der Waals surface area contributed by atoms with Crippen LogP contribution in [0.4, 0.5) is 10.6 Å². The van der Waals surface area contributed by atoms with E-state index in [-0.39, 0.29) is 23.9 Å². The third-order valence-electron chi connectivity index (χ3n) is 8.06. The quantitative estimate of drug-likeness (QED) is 0.285. The van der Waals surface area contributed by atoms with Gasteiger partial charge in [-0.2, -0.15) is 10.4 Å². The highest BCUT2D eigenvalue weighted by atomic mass is 16.6. The molecule has 1 saturated heterocycles. The summed E-state index contributed by atoms with van der Waals surface area (Å²) in [5.41, 5.74) is 2.84. The summed E-state index contributed by atoms with van der Waals surface area (Å²) in [5.74, 6) is -1.06. The third-order valence-corrected chi connectivity index (χ3v) is 8.06. The molecule has 0 bridgehead atoms. The zero-order valence-corrected chi connectivity index (χ0v) is 26.7. The second kappa shape index (κ2) is 13.2. The van der Waals surface area contributed by atoms with E-state index in [2.05, 4.69) is 15.4 Å². The molecule has 2 fully saturated rings. The molecule has 2 aromatic heterocycles. The maximum Gasteiger partial charge on any atom is 0.408 e. The average molecular weight is 629 g/mol. The van der Waals surface area contributed by atoms with E-state index in [1.54, 1.807) is 47.6 Å². The van der Waals surface area contributed by atoms with E-state index in [0.29, 0.717) is 5.52 Å². The van der Waals surface area contributed by atoms with Gasteiger partial charge < -0.3 is 35.1 Å². The second-order valence-corrected chi connectivity index (χ2v) is 13.8. The van der Waals surface area contributed by atoms with Gasteiger partial charge in [0.1, 0.15) is 48.4 Å². The maximum absolute atomic E-state index is 13.4. The maximum atomic E-state index is 13.4. The normalized spacial score (nSPS) is 24.9. The smallest absolute Gasteiger partial charge is 0.408 e. The Morgan fingerprint density at radius 2 is 1.89 bits per heavy atom. The van der Waals surface area contributed by atoms with Gasteiger partial charge in [-0.15, -0.1) is 0 Å². The van der Waals surface area contributed by atoms with Crippen LogP contribution in [0, 0.1) is 22.7 Å². The van der Waals surface area contributed by atoms with Gasteiger partial charge in [0.15, 0.2) is 11.9 Å². The molecule has 0 aromatic carbocycles. The number of hydrogen-bond donors (Lipinski definition) is 3. The fourth-order valence-corrected chi connectivity index (χ4v) is 5.80. The van der Waals surface area contributed by atoms with Crippen LogP contribution in [0.25, 0.3) is 5.52 Å². The number of amides is 1. The summed E-state index contributed by atoms with van der Waals surface area (Å²) in [6.45, 7) is 9.84. The molecule has 1 amide bonds. The number of esters is 2. The zero-order chi connectivity index (χ0) is 33.2. The average Bonchev–Trinajstić information content (AvgIpc) is 3.50. The van der Waals surface area contributed by atoms with Crippen molar-refractivity contribution in [3.05, 3.63) is 24.2 Å². The first-order valence-corrected chi connectivity index (χ1v) is 15.3. The minimum Gasteiger partial charge on any atom is -0.461 e. The summed E-state index contributed by atoms with van der Waals surface area (Å²) in [6.07, 6.45) is 1.23. The molecule has 3 heterocycles. The Bertz CT molecular complexity index is 1430. The molecular weight excluding hydrogens is 584 g/mol. The Morgan fingerprint density at radius 1 is 1.20 bits per heavy atom. The monoisotopic (exact) mass is 628 g/mol. The van der Waals surface area contributed by atoms with Crippen molar-refractivity contribution in [2.24, 2.45) is 11.3 Å². The summed E-state index contributed by atoms with van der Waals surface area (Å²) < 4.78 is 24.2. The molecule has 0 spiro atoms. The highest BCUT2D eigenvalue weighted by molar-refractivity contribution is 5.82. The number of alkyl carbamates (subject to hydrolysis) is 1. The van der Waals surface area contributed by atoms with E-state index in [0.717, 1.165) is 32.1 Å². The van der Waals surface area contributed by atoms with Crippen LogP contribution < -0.4 is 11.1 Å². The van der Waals surface area contributed by atoms with E-state index < -0.39 is 65.6 Å². The number of aliphatic hydroxyl groups is 1. The summed E-state index contributed by atoms with van der Waals surface area (Å²) in [5, 5.41) is 28.8. The molecule has 0 radical (unpaired) electrons. The number of ether oxygens (including phenoxy) is 4. The summed E-state index contributed by atoms with van der Waals surface area (Å²) in [6, 6.07) is 4.01. The van der Waals surface area contributed by atoms with E-state index in [1.807, 2.05) is 6.07 Å². The number of nitrogen functional groups attached to an aromatic ring is 1. The lowest BCUT2D eigenvalue weighted by atomic mass is 9.87. The highest BCUT2D eigenvalue weighted by Gasteiger charge is 2.60. The largest absolute Gasteiger partial charge is 0.461 e. The standard InChI is InChI=1S/C31H44N6O8/c1-29(2,3)24(36-28(41)45-30(4,5)6)27(40)42-15-20-23(43-22(38)14-18-10-8-7-9-11-18)25(39)31(16-32,44-20)21-13-12-19-26(33)34-17-35-37(19)21/h12-13,17-18,20,23-25,39H,7-11,14-15H2,1-6H3,(H,36,41)(H2,33,34,35)/t20-,23-,24+,25-,31+/m1/s1. The lowest BCUT2D eigenvalue weighted by molar-refractivity contribution is -0.163. The van der Waals surface area contributed by atoms with E-state index >= 15 is 0 Å². The van der Waals surface area contributed by atoms with Crippen LogP contribution in [0.1, 0.15) is 85.8 Å². The zero-order valence-electron chi connectivity index (χ0n) is 26.7. The van der Waals surface area contributed by atoms with Gasteiger partial charge in [-0.25, -0.2) is 19.1 Å². The predicted octanol–water partition coefficient (Wildman–Crippen LogP) is 3.15. The van der Waals surface area contributed by atoms with Crippen molar-refractivity contribution < 1.29 is 38.4 Å². The van der Waals surface area contributed by atoms with Gasteiger partial charge in [-0.3, -0.25) is 4.79 Å². The molecule has 2 aliphatic rings. The third kappa shape index (κ3) is 7.65. The van der Waals surface area contributed by atoms with Crippen molar-refractivity contribution in [1.82, 2.24) is 19.9 Å². The Kier molecular flexibility index (Phi) is 9.94. The summed E-state index contributed by atoms with van der Waals surface area (Å²) in [4.78, 5) is 43.0. The van der Waals surface area contributed by atoms with Gasteiger partial charge in [0.25, 0.3) is 0 Å². The van der Waals surface area contributed by atoms with Crippen LogP contribution >= 0.6 is 0 Å². The fraction of sp³-hybridized carbons (Fsp3) is 0.677. The first-order chi connectivity index (χ1) is 21.1. The van der Waals surface area contributed by atoms with Crippen molar-refractivity contribution in [2.75, 3.05) is 12.3 Å². The van der Waals surface area contributed by atoms with Crippen molar-refractivity contribution >= 4 is 29.4 Å². The molecule has 4 N–H and O–H groups in total. The number of anilines is 1. The van der Waals surface area contributed by atoms with Crippen molar-refractivity contribution in [1.29, 1.82) is 5.26 Å². The van der Waals surface area contributed by atoms with Crippen LogP contribution in [0.3, 0.4) is 0 Å². The molecule has 14 heteroatoms. The number of nitriles is 1. The number of hydrogen-bond acceptors (Lipinski definition) is 12. The van der Waals surface area contributed by atoms with Gasteiger partial charge in [0.2, 0.25) is 5.60 Å². The number of aliphatic hydroxyl groups excluding tert-OH is 1. The number of aromatic nitrogens is 3. The first-order valence-electron chi connectivity index (χ1n) is 15.3. The van der Waals surface area contributed by atoms with Gasteiger partial charge in [0.05, 0.1) is 5.69 Å². The second-order valence-electron chi connectivity index (χ2n) is 13.8. The van der Waals surface area contributed by atoms with Gasteiger partial charge in [0, 0.05) is 6.42 Å². The Labute approximate surface area is 262 Å². The summed E-state index contributed by atoms with van der Waals surface area (Å²) >= 11 is 0. The van der Waals surface area contributed by atoms with Crippen molar-refractivity contribution in [2.45, 2.75) is 116 Å². The van der Waals surface area contributed by atoms with Crippen LogP contribution in [-0.4, -0.2) is 74.3 Å². The van der Waals surface area contributed by atoms with Crippen molar-refractivity contribution in [3.8, 4) is 6.07 Å². The van der Waals surface area contributed by atoms with Crippen LogP contribution in [0.2, 0.25) is 0 Å². The SMILES string of the molecule is CC(C)(C)OC(=O)N[C@@H](C(=O)OC[C@H]1O[C@@](C#N)(c2ccc3c(N)ncnn23)[C@H](O)[C@@H]1OC(=O)CC1CCCCC1)C(C)(C)C. The number of nitrogens with zero attached hydrogens (tertiary/aromatic N) is 4. The van der Waals surface area contributed by atoms with Crippen LogP contribution in [-0.2, 0) is 34.1 Å². The molecule has 45 heavy (non-hydrogen) atoms. The van der Waals surface area contributed by atoms with Crippen LogP contribution in [0.5, 0.6) is 0 Å². The Hall–Kier alpha value is -3.96. The topological polar surface area (TPSA) is 200 Å². The predicted molar refractivity (Wildman–Crippen MR) is 160 cm³/mol. The van der Waals surface area contributed by atoms with E-state index in [4.69, 9.17) is 24.7 Å². The fourth-order valence-electron chi connectivity index (χ4n) is 5.80. The molecule has 0 unspecified atom stereocenters. The number of rotatable bonds is 8. The van der Waals surface area contributed by atoms with Crippen molar-refractivity contribution in [3.63, 3.8) is 0 Å². The van der Waals surface area contributed by atoms with E-state index in [1.165, 1.54) is 16.9 Å². The number of fused-ring (bicyclic) bond motifs is 1. The molecule has 1 saturated carbocycles.